The quantitative estimate of drug-likeness (QED) is 0.828. The van der Waals surface area contributed by atoms with Gasteiger partial charge >= 0.3 is 0 Å². The van der Waals surface area contributed by atoms with Gasteiger partial charge in [0.05, 0.1) is 0 Å². The van der Waals surface area contributed by atoms with E-state index >= 15 is 0 Å². The maximum Gasteiger partial charge on any atom is 0.244 e. The summed E-state index contributed by atoms with van der Waals surface area (Å²) in [6.07, 6.45) is 1.10. The lowest BCUT2D eigenvalue weighted by Crippen LogP contribution is -2.52. The van der Waals surface area contributed by atoms with Crippen molar-refractivity contribution in [3.8, 4) is 0 Å². The van der Waals surface area contributed by atoms with Crippen molar-refractivity contribution in [3.05, 3.63) is 30.1 Å². The summed E-state index contributed by atoms with van der Waals surface area (Å²) in [4.78, 5) is -0.343. The van der Waals surface area contributed by atoms with E-state index < -0.39 is 21.4 Å². The van der Waals surface area contributed by atoms with Crippen molar-refractivity contribution < 1.29 is 12.8 Å². The SMILES string of the molecule is CCC(CC)(CN)NS(=O)(=O)c1ccccc1F. The molecule has 0 saturated heterocycles. The Labute approximate surface area is 107 Å². The van der Waals surface area contributed by atoms with Gasteiger partial charge in [-0.25, -0.2) is 17.5 Å². The molecule has 0 aliphatic carbocycles. The monoisotopic (exact) mass is 274 g/mol. The lowest BCUT2D eigenvalue weighted by Gasteiger charge is -2.31. The van der Waals surface area contributed by atoms with Crippen LogP contribution < -0.4 is 10.5 Å². The first-order valence-electron chi connectivity index (χ1n) is 5.89. The van der Waals surface area contributed by atoms with Crippen molar-refractivity contribution in [1.29, 1.82) is 0 Å². The molecule has 0 atom stereocenters. The fourth-order valence-corrected chi connectivity index (χ4v) is 3.36. The predicted molar refractivity (Wildman–Crippen MR) is 69.1 cm³/mol. The zero-order valence-corrected chi connectivity index (χ0v) is 11.4. The predicted octanol–water partition coefficient (Wildman–Crippen LogP) is 1.62. The third-order valence-electron chi connectivity index (χ3n) is 3.22. The van der Waals surface area contributed by atoms with Crippen LogP contribution in [0.1, 0.15) is 26.7 Å². The molecule has 102 valence electrons. The molecule has 3 N–H and O–H groups in total. The van der Waals surface area contributed by atoms with Gasteiger partial charge in [-0.05, 0) is 25.0 Å². The Morgan fingerprint density at radius 1 is 1.28 bits per heavy atom. The van der Waals surface area contributed by atoms with Crippen LogP contribution in [0.4, 0.5) is 4.39 Å². The maximum absolute atomic E-state index is 13.5. The highest BCUT2D eigenvalue weighted by Gasteiger charge is 2.31. The van der Waals surface area contributed by atoms with Gasteiger partial charge in [-0.15, -0.1) is 0 Å². The number of halogens is 1. The Bertz CT molecular complexity index is 490. The van der Waals surface area contributed by atoms with Gasteiger partial charge in [0, 0.05) is 12.1 Å². The molecule has 6 heteroatoms. The van der Waals surface area contributed by atoms with E-state index in [4.69, 9.17) is 5.73 Å². The topological polar surface area (TPSA) is 72.2 Å². The van der Waals surface area contributed by atoms with E-state index in [9.17, 15) is 12.8 Å². The zero-order chi connectivity index (χ0) is 13.8. The standard InChI is InChI=1S/C12H19FN2O2S/c1-3-12(4-2,9-14)15-18(16,17)11-8-6-5-7-10(11)13/h5-8,15H,3-4,9,14H2,1-2H3. The van der Waals surface area contributed by atoms with Crippen molar-refractivity contribution in [3.63, 3.8) is 0 Å². The average Bonchev–Trinajstić information content (AvgIpc) is 2.36. The van der Waals surface area contributed by atoms with Gasteiger partial charge in [0.2, 0.25) is 10.0 Å². The van der Waals surface area contributed by atoms with Crippen LogP contribution in [0.3, 0.4) is 0 Å². The Kier molecular flexibility index (Phi) is 4.84. The lowest BCUT2D eigenvalue weighted by atomic mass is 9.95. The summed E-state index contributed by atoms with van der Waals surface area (Å²) in [5.74, 6) is -0.761. The number of hydrogen-bond acceptors (Lipinski definition) is 3. The summed E-state index contributed by atoms with van der Waals surface area (Å²) in [5.41, 5.74) is 4.91. The van der Waals surface area contributed by atoms with Gasteiger partial charge in [0.25, 0.3) is 0 Å². The third kappa shape index (κ3) is 3.07. The van der Waals surface area contributed by atoms with Crippen LogP contribution in [-0.4, -0.2) is 20.5 Å². The number of nitrogens with two attached hydrogens (primary N) is 1. The first-order valence-corrected chi connectivity index (χ1v) is 7.37. The first kappa shape index (κ1) is 15.1. The highest BCUT2D eigenvalue weighted by molar-refractivity contribution is 7.89. The molecule has 0 aromatic heterocycles. The van der Waals surface area contributed by atoms with E-state index in [1.807, 2.05) is 13.8 Å². The average molecular weight is 274 g/mol. The summed E-state index contributed by atoms with van der Waals surface area (Å²) >= 11 is 0. The molecule has 0 fully saturated rings. The first-order chi connectivity index (χ1) is 8.40. The fraction of sp³-hybridized carbons (Fsp3) is 0.500. The molecule has 0 bridgehead atoms. The Morgan fingerprint density at radius 3 is 2.28 bits per heavy atom. The molecule has 0 aliphatic heterocycles. The molecule has 0 heterocycles. The van der Waals surface area contributed by atoms with Gasteiger partial charge in [-0.2, -0.15) is 0 Å². The Balaban J connectivity index is 3.13. The van der Waals surface area contributed by atoms with E-state index in [1.54, 1.807) is 0 Å². The van der Waals surface area contributed by atoms with E-state index in [1.165, 1.54) is 18.2 Å². The summed E-state index contributed by atoms with van der Waals surface area (Å²) < 4.78 is 40.3. The van der Waals surface area contributed by atoms with Crippen molar-refractivity contribution in [2.24, 2.45) is 5.73 Å². The fourth-order valence-electron chi connectivity index (χ4n) is 1.73. The van der Waals surface area contributed by atoms with Gasteiger partial charge in [0.1, 0.15) is 10.7 Å². The second-order valence-corrected chi connectivity index (χ2v) is 5.88. The van der Waals surface area contributed by atoms with Crippen molar-refractivity contribution in [2.75, 3.05) is 6.54 Å². The van der Waals surface area contributed by atoms with Crippen LogP contribution in [0, 0.1) is 5.82 Å². The highest BCUT2D eigenvalue weighted by atomic mass is 32.2. The largest absolute Gasteiger partial charge is 0.329 e. The van der Waals surface area contributed by atoms with E-state index in [-0.39, 0.29) is 11.4 Å². The van der Waals surface area contributed by atoms with Crippen LogP contribution in [-0.2, 0) is 10.0 Å². The maximum atomic E-state index is 13.5. The van der Waals surface area contributed by atoms with Crippen LogP contribution in [0.25, 0.3) is 0 Å². The number of benzene rings is 1. The normalized spacial score (nSPS) is 12.7. The minimum Gasteiger partial charge on any atom is -0.329 e. The molecule has 0 amide bonds. The molecule has 1 aromatic carbocycles. The number of nitrogens with one attached hydrogen (secondary N) is 1. The van der Waals surface area contributed by atoms with Crippen molar-refractivity contribution in [1.82, 2.24) is 4.72 Å². The van der Waals surface area contributed by atoms with Gasteiger partial charge in [0.15, 0.2) is 0 Å². The van der Waals surface area contributed by atoms with E-state index in [0.717, 1.165) is 6.07 Å². The van der Waals surface area contributed by atoms with Crippen molar-refractivity contribution >= 4 is 10.0 Å². The van der Waals surface area contributed by atoms with Gasteiger partial charge in [-0.3, -0.25) is 0 Å². The smallest absolute Gasteiger partial charge is 0.244 e. The minimum atomic E-state index is -3.89. The second-order valence-electron chi connectivity index (χ2n) is 4.23. The van der Waals surface area contributed by atoms with E-state index in [0.29, 0.717) is 12.8 Å². The highest BCUT2D eigenvalue weighted by Crippen LogP contribution is 2.20. The minimum absolute atomic E-state index is 0.174. The van der Waals surface area contributed by atoms with Crippen LogP contribution >= 0.6 is 0 Å². The molecule has 4 nitrogen and oxygen atoms in total. The van der Waals surface area contributed by atoms with Gasteiger partial charge < -0.3 is 5.73 Å². The number of sulfonamides is 1. The summed E-state index contributed by atoms with van der Waals surface area (Å²) in [7, 11) is -3.89. The summed E-state index contributed by atoms with van der Waals surface area (Å²) in [5, 5.41) is 0. The Morgan fingerprint density at radius 2 is 1.83 bits per heavy atom. The zero-order valence-electron chi connectivity index (χ0n) is 10.6. The third-order valence-corrected chi connectivity index (χ3v) is 4.83. The molecular weight excluding hydrogens is 255 g/mol. The molecule has 0 aliphatic rings. The summed E-state index contributed by atoms with van der Waals surface area (Å²) in [6.45, 7) is 3.87. The van der Waals surface area contributed by atoms with Crippen LogP contribution in [0.15, 0.2) is 29.2 Å². The van der Waals surface area contributed by atoms with Gasteiger partial charge in [-0.1, -0.05) is 26.0 Å². The second kappa shape index (κ2) is 5.77. The lowest BCUT2D eigenvalue weighted by molar-refractivity contribution is 0.362. The molecule has 18 heavy (non-hydrogen) atoms. The molecule has 0 radical (unpaired) electrons. The molecule has 0 saturated carbocycles. The van der Waals surface area contributed by atoms with Crippen LogP contribution in [0.5, 0.6) is 0 Å². The molecule has 1 aromatic rings. The molecule has 0 unspecified atom stereocenters. The summed E-state index contributed by atoms with van der Waals surface area (Å²) in [6, 6.07) is 5.30. The van der Waals surface area contributed by atoms with Crippen LogP contribution in [0.2, 0.25) is 0 Å². The molecule has 0 spiro atoms. The molecule has 1 rings (SSSR count). The van der Waals surface area contributed by atoms with E-state index in [2.05, 4.69) is 4.72 Å². The number of rotatable bonds is 6. The molecular formula is C12H19FN2O2S. The van der Waals surface area contributed by atoms with Crippen molar-refractivity contribution in [2.45, 2.75) is 37.1 Å². The Hall–Kier alpha value is -0.980. The number of hydrogen-bond donors (Lipinski definition) is 2.